The highest BCUT2D eigenvalue weighted by molar-refractivity contribution is 5.96. The third kappa shape index (κ3) is 2.70. The Morgan fingerprint density at radius 3 is 2.78 bits per heavy atom. The van der Waals surface area contributed by atoms with Crippen molar-refractivity contribution in [3.63, 3.8) is 0 Å². The third-order valence-corrected chi connectivity index (χ3v) is 3.23. The van der Waals surface area contributed by atoms with Crippen molar-refractivity contribution in [2.75, 3.05) is 26.7 Å². The Balaban J connectivity index is 2.16. The van der Waals surface area contributed by atoms with Crippen LogP contribution in [0.1, 0.15) is 22.3 Å². The number of benzene rings is 1. The highest BCUT2D eigenvalue weighted by Gasteiger charge is 2.23. The Hall–Kier alpha value is -1.84. The van der Waals surface area contributed by atoms with Crippen molar-refractivity contribution in [2.24, 2.45) is 0 Å². The average Bonchev–Trinajstić information content (AvgIpc) is 2.51. The fourth-order valence-electron chi connectivity index (χ4n) is 2.12. The first-order valence-corrected chi connectivity index (χ1v) is 6.18. The van der Waals surface area contributed by atoms with Crippen LogP contribution >= 0.6 is 0 Å². The van der Waals surface area contributed by atoms with Crippen LogP contribution in [0.25, 0.3) is 0 Å². The number of likely N-dealkylation sites (N-methyl/N-ethyl adjacent to an activating group) is 1. The number of carbonyl (C=O) groups is 2. The molecule has 1 fully saturated rings. The Labute approximate surface area is 107 Å². The number of hydrogen-bond acceptors (Lipinski definition) is 2. The molecule has 0 aromatic heterocycles. The van der Waals surface area contributed by atoms with Crippen LogP contribution in [0, 0.1) is 6.92 Å². The van der Waals surface area contributed by atoms with Crippen LogP contribution in [0.3, 0.4) is 0 Å². The quantitative estimate of drug-likeness (QED) is 0.749. The summed E-state index contributed by atoms with van der Waals surface area (Å²) in [5.74, 6) is -0.0455. The number of nitrogens with zero attached hydrogens (tertiary/aromatic N) is 2. The van der Waals surface area contributed by atoms with Crippen LogP contribution in [-0.2, 0) is 4.79 Å². The van der Waals surface area contributed by atoms with Gasteiger partial charge in [-0.3, -0.25) is 9.59 Å². The first kappa shape index (κ1) is 12.6. The molecule has 96 valence electrons. The van der Waals surface area contributed by atoms with E-state index in [0.717, 1.165) is 18.5 Å². The molecule has 1 aliphatic heterocycles. The molecule has 1 aliphatic rings. The molecule has 0 atom stereocenters. The van der Waals surface area contributed by atoms with Crippen molar-refractivity contribution in [3.8, 4) is 0 Å². The summed E-state index contributed by atoms with van der Waals surface area (Å²) < 4.78 is 0. The smallest absolute Gasteiger partial charge is 0.254 e. The van der Waals surface area contributed by atoms with Gasteiger partial charge in [-0.05, 0) is 25.5 Å². The van der Waals surface area contributed by atoms with E-state index < -0.39 is 0 Å². The van der Waals surface area contributed by atoms with E-state index in [4.69, 9.17) is 0 Å². The zero-order chi connectivity index (χ0) is 13.1. The van der Waals surface area contributed by atoms with Gasteiger partial charge in [0.15, 0.2) is 0 Å². The van der Waals surface area contributed by atoms with Crippen molar-refractivity contribution in [1.29, 1.82) is 0 Å². The van der Waals surface area contributed by atoms with E-state index in [0.29, 0.717) is 12.1 Å². The van der Waals surface area contributed by atoms with Crippen LogP contribution in [0.5, 0.6) is 0 Å². The fraction of sp³-hybridized carbons (Fsp3) is 0.429. The summed E-state index contributed by atoms with van der Waals surface area (Å²) in [7, 11) is 1.78. The molecule has 1 aromatic rings. The number of hydrogen-bond donors (Lipinski definition) is 0. The number of aryl methyl sites for hydroxylation is 1. The van der Waals surface area contributed by atoms with E-state index in [1.807, 2.05) is 25.1 Å². The van der Waals surface area contributed by atoms with Crippen LogP contribution in [0.15, 0.2) is 24.3 Å². The maximum absolute atomic E-state index is 12.3. The minimum absolute atomic E-state index is 0.00787. The Bertz CT molecular complexity index is 471. The van der Waals surface area contributed by atoms with Crippen LogP contribution in [-0.4, -0.2) is 48.3 Å². The van der Waals surface area contributed by atoms with Gasteiger partial charge in [0.1, 0.15) is 6.54 Å². The van der Waals surface area contributed by atoms with Gasteiger partial charge in [0.05, 0.1) is 0 Å². The monoisotopic (exact) mass is 246 g/mol. The van der Waals surface area contributed by atoms with Gasteiger partial charge in [-0.15, -0.1) is 0 Å². The molecule has 0 bridgehead atoms. The predicted octanol–water partition coefficient (Wildman–Crippen LogP) is 1.30. The standard InChI is InChI=1S/C14H18N2O2/c1-11-5-3-6-12(9-11)14(18)16-8-4-7-15(2)13(17)10-16/h3,5-6,9H,4,7-8,10H2,1-2H3. The van der Waals surface area contributed by atoms with Gasteiger partial charge >= 0.3 is 0 Å². The van der Waals surface area contributed by atoms with Crippen molar-refractivity contribution >= 4 is 11.8 Å². The lowest BCUT2D eigenvalue weighted by Gasteiger charge is -2.20. The van der Waals surface area contributed by atoms with Crippen LogP contribution < -0.4 is 0 Å². The summed E-state index contributed by atoms with van der Waals surface area (Å²) in [5.41, 5.74) is 1.71. The average molecular weight is 246 g/mol. The molecular formula is C14H18N2O2. The SMILES string of the molecule is Cc1cccc(C(=O)N2CCCN(C)C(=O)C2)c1. The van der Waals surface area contributed by atoms with Gasteiger partial charge in [0, 0.05) is 25.7 Å². The molecule has 2 rings (SSSR count). The number of carbonyl (C=O) groups excluding carboxylic acids is 2. The zero-order valence-corrected chi connectivity index (χ0v) is 10.8. The van der Waals surface area contributed by atoms with E-state index in [9.17, 15) is 9.59 Å². The lowest BCUT2D eigenvalue weighted by molar-refractivity contribution is -0.129. The Morgan fingerprint density at radius 1 is 1.28 bits per heavy atom. The topological polar surface area (TPSA) is 40.6 Å². The van der Waals surface area contributed by atoms with Crippen molar-refractivity contribution in [3.05, 3.63) is 35.4 Å². The van der Waals surface area contributed by atoms with Gasteiger partial charge in [-0.2, -0.15) is 0 Å². The second kappa shape index (κ2) is 5.21. The molecule has 0 N–H and O–H groups in total. The summed E-state index contributed by atoms with van der Waals surface area (Å²) in [6.45, 7) is 3.50. The summed E-state index contributed by atoms with van der Waals surface area (Å²) >= 11 is 0. The van der Waals surface area contributed by atoms with E-state index in [-0.39, 0.29) is 18.4 Å². The van der Waals surface area contributed by atoms with Gasteiger partial charge in [-0.25, -0.2) is 0 Å². The number of rotatable bonds is 1. The van der Waals surface area contributed by atoms with Gasteiger partial charge in [0.2, 0.25) is 5.91 Å². The molecule has 4 nitrogen and oxygen atoms in total. The van der Waals surface area contributed by atoms with E-state index in [1.165, 1.54) is 0 Å². The molecule has 18 heavy (non-hydrogen) atoms. The van der Waals surface area contributed by atoms with Crippen molar-refractivity contribution in [2.45, 2.75) is 13.3 Å². The fourth-order valence-corrected chi connectivity index (χ4v) is 2.12. The molecule has 1 aromatic carbocycles. The molecule has 0 aliphatic carbocycles. The second-order valence-corrected chi connectivity index (χ2v) is 4.77. The normalized spacial score (nSPS) is 16.7. The highest BCUT2D eigenvalue weighted by Crippen LogP contribution is 2.10. The Morgan fingerprint density at radius 2 is 2.06 bits per heavy atom. The maximum atomic E-state index is 12.3. The minimum atomic E-state index is -0.0534. The van der Waals surface area contributed by atoms with Gasteiger partial charge in [-0.1, -0.05) is 17.7 Å². The molecule has 0 radical (unpaired) electrons. The van der Waals surface area contributed by atoms with Crippen LogP contribution in [0.2, 0.25) is 0 Å². The molecule has 0 spiro atoms. The first-order valence-electron chi connectivity index (χ1n) is 6.18. The van der Waals surface area contributed by atoms with Gasteiger partial charge in [0.25, 0.3) is 5.91 Å². The maximum Gasteiger partial charge on any atom is 0.254 e. The largest absolute Gasteiger partial charge is 0.344 e. The van der Waals surface area contributed by atoms with Crippen molar-refractivity contribution < 1.29 is 9.59 Å². The Kier molecular flexibility index (Phi) is 3.65. The highest BCUT2D eigenvalue weighted by atomic mass is 16.2. The number of amides is 2. The molecule has 4 heteroatoms. The summed E-state index contributed by atoms with van der Waals surface area (Å²) in [6, 6.07) is 7.49. The second-order valence-electron chi connectivity index (χ2n) is 4.77. The predicted molar refractivity (Wildman–Crippen MR) is 69.3 cm³/mol. The zero-order valence-electron chi connectivity index (χ0n) is 10.8. The lowest BCUT2D eigenvalue weighted by atomic mass is 10.1. The summed E-state index contributed by atoms with van der Waals surface area (Å²) in [5, 5.41) is 0. The molecule has 2 amide bonds. The lowest BCUT2D eigenvalue weighted by Crippen LogP contribution is -2.38. The first-order chi connectivity index (χ1) is 8.58. The van der Waals surface area contributed by atoms with Crippen LogP contribution in [0.4, 0.5) is 0 Å². The minimum Gasteiger partial charge on any atom is -0.344 e. The third-order valence-electron chi connectivity index (χ3n) is 3.23. The van der Waals surface area contributed by atoms with Gasteiger partial charge < -0.3 is 9.80 Å². The molecular weight excluding hydrogens is 228 g/mol. The molecule has 0 unspecified atom stereocenters. The summed E-state index contributed by atoms with van der Waals surface area (Å²) in [4.78, 5) is 27.4. The van der Waals surface area contributed by atoms with E-state index in [1.54, 1.807) is 22.9 Å². The molecule has 0 saturated carbocycles. The van der Waals surface area contributed by atoms with Crippen molar-refractivity contribution in [1.82, 2.24) is 9.80 Å². The molecule has 1 heterocycles. The van der Waals surface area contributed by atoms with E-state index in [2.05, 4.69) is 0 Å². The van der Waals surface area contributed by atoms with E-state index >= 15 is 0 Å². The molecule has 1 saturated heterocycles. The summed E-state index contributed by atoms with van der Waals surface area (Å²) in [6.07, 6.45) is 0.833.